The molecule has 0 aliphatic carbocycles. The largest absolute Gasteiger partial charge is 0.381 e. The standard InChI is InChI=1S/C12H16BrNO2/c1-7-5-9(6-8(2)10(7)13)14-11(15)12(3,4)16/h5-6,16H,1-4H3,(H,14,15). The van der Waals surface area contributed by atoms with Gasteiger partial charge in [0.2, 0.25) is 0 Å². The number of benzene rings is 1. The van der Waals surface area contributed by atoms with Gasteiger partial charge in [0, 0.05) is 10.2 Å². The zero-order valence-electron chi connectivity index (χ0n) is 9.89. The molecule has 0 unspecified atom stereocenters. The zero-order valence-corrected chi connectivity index (χ0v) is 11.5. The Morgan fingerprint density at radius 2 is 1.75 bits per heavy atom. The minimum atomic E-state index is -1.37. The molecular formula is C12H16BrNO2. The Balaban J connectivity index is 2.96. The van der Waals surface area contributed by atoms with Gasteiger partial charge in [0.1, 0.15) is 5.60 Å². The molecule has 0 aliphatic rings. The van der Waals surface area contributed by atoms with Crippen LogP contribution in [-0.4, -0.2) is 16.6 Å². The summed E-state index contributed by atoms with van der Waals surface area (Å²) in [6.07, 6.45) is 0. The lowest BCUT2D eigenvalue weighted by molar-refractivity contribution is -0.130. The Morgan fingerprint density at radius 1 is 1.31 bits per heavy atom. The number of hydrogen-bond acceptors (Lipinski definition) is 2. The third-order valence-electron chi connectivity index (χ3n) is 2.25. The average Bonchev–Trinajstić information content (AvgIpc) is 2.12. The Morgan fingerprint density at radius 3 is 2.12 bits per heavy atom. The summed E-state index contributed by atoms with van der Waals surface area (Å²) in [5.41, 5.74) is 1.43. The highest BCUT2D eigenvalue weighted by Crippen LogP contribution is 2.25. The maximum absolute atomic E-state index is 11.6. The van der Waals surface area contributed by atoms with E-state index in [1.165, 1.54) is 13.8 Å². The topological polar surface area (TPSA) is 49.3 Å². The predicted octanol–water partition coefficient (Wildman–Crippen LogP) is 2.78. The summed E-state index contributed by atoms with van der Waals surface area (Å²) in [6, 6.07) is 3.72. The van der Waals surface area contributed by atoms with Crippen LogP contribution in [0.5, 0.6) is 0 Å². The fourth-order valence-corrected chi connectivity index (χ4v) is 1.53. The summed E-state index contributed by atoms with van der Waals surface area (Å²) in [5, 5.41) is 12.2. The summed E-state index contributed by atoms with van der Waals surface area (Å²) in [4.78, 5) is 11.6. The van der Waals surface area contributed by atoms with E-state index >= 15 is 0 Å². The Kier molecular flexibility index (Phi) is 3.76. The number of nitrogens with one attached hydrogen (secondary N) is 1. The third kappa shape index (κ3) is 3.06. The van der Waals surface area contributed by atoms with Gasteiger partial charge in [-0.1, -0.05) is 15.9 Å². The van der Waals surface area contributed by atoms with Crippen molar-refractivity contribution in [3.63, 3.8) is 0 Å². The van der Waals surface area contributed by atoms with E-state index in [4.69, 9.17) is 0 Å². The number of anilines is 1. The number of carbonyl (C=O) groups excluding carboxylic acids is 1. The molecule has 0 spiro atoms. The molecule has 1 aromatic rings. The minimum absolute atomic E-state index is 0.409. The Labute approximate surface area is 104 Å². The van der Waals surface area contributed by atoms with E-state index < -0.39 is 11.5 Å². The van der Waals surface area contributed by atoms with E-state index in [2.05, 4.69) is 21.2 Å². The quantitative estimate of drug-likeness (QED) is 0.878. The van der Waals surface area contributed by atoms with E-state index in [0.717, 1.165) is 15.6 Å². The van der Waals surface area contributed by atoms with Crippen LogP contribution in [0.1, 0.15) is 25.0 Å². The number of hydrogen-bond donors (Lipinski definition) is 2. The first-order valence-corrected chi connectivity index (χ1v) is 5.81. The van der Waals surface area contributed by atoms with Crippen molar-refractivity contribution >= 4 is 27.5 Å². The fraction of sp³-hybridized carbons (Fsp3) is 0.417. The number of halogens is 1. The summed E-state index contributed by atoms with van der Waals surface area (Å²) in [6.45, 7) is 6.83. The van der Waals surface area contributed by atoms with Crippen molar-refractivity contribution in [3.05, 3.63) is 27.7 Å². The summed E-state index contributed by atoms with van der Waals surface area (Å²) in [7, 11) is 0. The summed E-state index contributed by atoms with van der Waals surface area (Å²) >= 11 is 3.46. The Hall–Kier alpha value is -0.870. The second-order valence-electron chi connectivity index (χ2n) is 4.44. The van der Waals surface area contributed by atoms with Crippen molar-refractivity contribution in [1.29, 1.82) is 0 Å². The van der Waals surface area contributed by atoms with Gasteiger partial charge in [-0.3, -0.25) is 4.79 Å². The van der Waals surface area contributed by atoms with Crippen LogP contribution in [0.4, 0.5) is 5.69 Å². The van der Waals surface area contributed by atoms with Gasteiger partial charge in [-0.2, -0.15) is 0 Å². The van der Waals surface area contributed by atoms with Gasteiger partial charge in [0.25, 0.3) is 5.91 Å². The molecule has 4 heteroatoms. The molecule has 1 amide bonds. The predicted molar refractivity (Wildman–Crippen MR) is 68.5 cm³/mol. The van der Waals surface area contributed by atoms with Crippen LogP contribution in [0.25, 0.3) is 0 Å². The maximum atomic E-state index is 11.6. The van der Waals surface area contributed by atoms with Crippen molar-refractivity contribution in [2.45, 2.75) is 33.3 Å². The molecule has 0 bridgehead atoms. The van der Waals surface area contributed by atoms with E-state index in [1.807, 2.05) is 26.0 Å². The number of aryl methyl sites for hydroxylation is 2. The lowest BCUT2D eigenvalue weighted by Crippen LogP contribution is -2.36. The molecule has 0 radical (unpaired) electrons. The van der Waals surface area contributed by atoms with Crippen LogP contribution < -0.4 is 5.32 Å². The monoisotopic (exact) mass is 285 g/mol. The second-order valence-corrected chi connectivity index (χ2v) is 5.23. The van der Waals surface area contributed by atoms with Crippen LogP contribution in [0, 0.1) is 13.8 Å². The van der Waals surface area contributed by atoms with Crippen molar-refractivity contribution in [1.82, 2.24) is 0 Å². The van der Waals surface area contributed by atoms with Crippen LogP contribution in [0.15, 0.2) is 16.6 Å². The van der Waals surface area contributed by atoms with Gasteiger partial charge in [-0.15, -0.1) is 0 Å². The highest BCUT2D eigenvalue weighted by atomic mass is 79.9. The molecule has 0 heterocycles. The first kappa shape index (κ1) is 13.2. The molecule has 0 fully saturated rings. The molecule has 88 valence electrons. The third-order valence-corrected chi connectivity index (χ3v) is 3.50. The average molecular weight is 286 g/mol. The molecule has 2 N–H and O–H groups in total. The summed E-state index contributed by atoms with van der Waals surface area (Å²) < 4.78 is 1.04. The number of rotatable bonds is 2. The molecule has 0 saturated heterocycles. The molecule has 0 aromatic heterocycles. The number of amides is 1. The van der Waals surface area contributed by atoms with Gasteiger partial charge < -0.3 is 10.4 Å². The second kappa shape index (κ2) is 4.55. The summed E-state index contributed by atoms with van der Waals surface area (Å²) in [5.74, 6) is -0.409. The van der Waals surface area contributed by atoms with Gasteiger partial charge in [-0.25, -0.2) is 0 Å². The lowest BCUT2D eigenvalue weighted by atomic mass is 10.1. The van der Waals surface area contributed by atoms with E-state index in [-0.39, 0.29) is 0 Å². The Bertz CT molecular complexity index is 399. The molecule has 0 saturated carbocycles. The van der Waals surface area contributed by atoms with Gasteiger partial charge >= 0.3 is 0 Å². The number of carbonyl (C=O) groups is 1. The van der Waals surface area contributed by atoms with Crippen LogP contribution in [-0.2, 0) is 4.79 Å². The van der Waals surface area contributed by atoms with Crippen LogP contribution in [0.2, 0.25) is 0 Å². The van der Waals surface area contributed by atoms with Crippen LogP contribution in [0.3, 0.4) is 0 Å². The van der Waals surface area contributed by atoms with Crippen molar-refractivity contribution in [2.24, 2.45) is 0 Å². The van der Waals surface area contributed by atoms with Crippen LogP contribution >= 0.6 is 15.9 Å². The van der Waals surface area contributed by atoms with E-state index in [0.29, 0.717) is 5.69 Å². The highest BCUT2D eigenvalue weighted by molar-refractivity contribution is 9.10. The zero-order chi connectivity index (χ0) is 12.5. The molecule has 3 nitrogen and oxygen atoms in total. The minimum Gasteiger partial charge on any atom is -0.381 e. The van der Waals surface area contributed by atoms with Crippen molar-refractivity contribution < 1.29 is 9.90 Å². The first-order chi connectivity index (χ1) is 7.21. The van der Waals surface area contributed by atoms with Crippen molar-refractivity contribution in [3.8, 4) is 0 Å². The molecule has 0 aliphatic heterocycles. The first-order valence-electron chi connectivity index (χ1n) is 5.02. The number of aliphatic hydroxyl groups is 1. The normalized spacial score (nSPS) is 11.4. The molecule has 0 atom stereocenters. The van der Waals surface area contributed by atoms with Gasteiger partial charge in [0.15, 0.2) is 0 Å². The SMILES string of the molecule is Cc1cc(NC(=O)C(C)(C)O)cc(C)c1Br. The molecule has 1 rings (SSSR count). The smallest absolute Gasteiger partial charge is 0.255 e. The molecular weight excluding hydrogens is 270 g/mol. The lowest BCUT2D eigenvalue weighted by Gasteiger charge is -2.17. The van der Waals surface area contributed by atoms with E-state index in [1.54, 1.807) is 0 Å². The van der Waals surface area contributed by atoms with Gasteiger partial charge in [0.05, 0.1) is 0 Å². The highest BCUT2D eigenvalue weighted by Gasteiger charge is 2.23. The van der Waals surface area contributed by atoms with Gasteiger partial charge in [-0.05, 0) is 51.0 Å². The molecule has 1 aromatic carbocycles. The maximum Gasteiger partial charge on any atom is 0.255 e. The van der Waals surface area contributed by atoms with Crippen molar-refractivity contribution in [2.75, 3.05) is 5.32 Å². The fourth-order valence-electron chi connectivity index (χ4n) is 1.30. The molecule has 16 heavy (non-hydrogen) atoms. The van der Waals surface area contributed by atoms with E-state index in [9.17, 15) is 9.90 Å².